The van der Waals surface area contributed by atoms with E-state index in [4.69, 9.17) is 0 Å². The van der Waals surface area contributed by atoms with E-state index in [-0.39, 0.29) is 17.1 Å². The van der Waals surface area contributed by atoms with Crippen LogP contribution < -0.4 is 5.56 Å². The minimum atomic E-state index is -0.697. The van der Waals surface area contributed by atoms with Crippen LogP contribution >= 0.6 is 0 Å². The van der Waals surface area contributed by atoms with Crippen LogP contribution in [-0.4, -0.2) is 21.0 Å². The largest absolute Gasteiger partial charge is 0.506 e. The summed E-state index contributed by atoms with van der Waals surface area (Å²) in [5.41, 5.74) is 6.20. The molecule has 0 amide bonds. The minimum absolute atomic E-state index is 0.0117. The van der Waals surface area contributed by atoms with Crippen LogP contribution in [-0.2, 0) is 24.1 Å². The summed E-state index contributed by atoms with van der Waals surface area (Å²) in [7, 11) is 0. The van der Waals surface area contributed by atoms with Crippen LogP contribution in [0.4, 0.5) is 0 Å². The van der Waals surface area contributed by atoms with E-state index >= 15 is 0 Å². The van der Waals surface area contributed by atoms with Crippen molar-refractivity contribution in [1.82, 2.24) is 4.98 Å². The summed E-state index contributed by atoms with van der Waals surface area (Å²) in [6, 6.07) is 32.7. The second-order valence-electron chi connectivity index (χ2n) is 10.3. The molecule has 0 aliphatic carbocycles. The zero-order valence-electron chi connectivity index (χ0n) is 22.3. The number of aliphatic hydroxyl groups excluding tert-OH is 1. The molecule has 0 bridgehead atoms. The van der Waals surface area contributed by atoms with Gasteiger partial charge in [-0.3, -0.25) is 9.59 Å². The number of nitrogens with one attached hydrogen (secondary N) is 1. The lowest BCUT2D eigenvalue weighted by molar-refractivity contribution is -0.117. The third-order valence-corrected chi connectivity index (χ3v) is 7.34. The van der Waals surface area contributed by atoms with Gasteiger partial charge < -0.3 is 15.2 Å². The van der Waals surface area contributed by atoms with E-state index in [1.54, 1.807) is 12.1 Å². The number of aryl methyl sites for hydroxylation is 1. The monoisotopic (exact) mass is 531 g/mol. The molecular formula is C35H33NO4. The highest BCUT2D eigenvalue weighted by Gasteiger charge is 2.14. The van der Waals surface area contributed by atoms with Gasteiger partial charge in [-0.25, -0.2) is 0 Å². The molecule has 0 radical (unpaired) electrons. The maximum absolute atomic E-state index is 13.0. The number of carbonyl (C=O) groups excluding carboxylic acids is 1. The van der Waals surface area contributed by atoms with Crippen molar-refractivity contribution in [2.75, 3.05) is 0 Å². The first kappa shape index (κ1) is 27.1. The average Bonchev–Trinajstić information content (AvgIpc) is 2.96. The minimum Gasteiger partial charge on any atom is -0.506 e. The van der Waals surface area contributed by atoms with E-state index in [1.165, 1.54) is 17.7 Å². The van der Waals surface area contributed by atoms with Gasteiger partial charge in [0.1, 0.15) is 11.5 Å². The Labute approximate surface area is 233 Å². The Balaban J connectivity index is 1.15. The predicted octanol–water partition coefficient (Wildman–Crippen LogP) is 6.70. The number of rotatable bonds is 11. The SMILES string of the molecule is O=C(Cc1cccc(CCCC[C@H](O)c2ccc(O)c3[nH]c(=O)ccc23)c1)Cc1ccccc1-c1ccccc1. The quantitative estimate of drug-likeness (QED) is 0.165. The molecule has 4 aromatic carbocycles. The lowest BCUT2D eigenvalue weighted by Crippen LogP contribution is -2.08. The normalized spacial score (nSPS) is 11.9. The van der Waals surface area contributed by atoms with Crippen LogP contribution in [0.3, 0.4) is 0 Å². The maximum atomic E-state index is 13.0. The number of hydrogen-bond donors (Lipinski definition) is 3. The van der Waals surface area contributed by atoms with Crippen molar-refractivity contribution in [3.63, 3.8) is 0 Å². The van der Waals surface area contributed by atoms with E-state index in [9.17, 15) is 19.8 Å². The highest BCUT2D eigenvalue weighted by atomic mass is 16.3. The van der Waals surface area contributed by atoms with Crippen LogP contribution in [0.25, 0.3) is 22.0 Å². The summed E-state index contributed by atoms with van der Waals surface area (Å²) in [5.74, 6) is 0.175. The highest BCUT2D eigenvalue weighted by molar-refractivity contribution is 5.87. The molecule has 40 heavy (non-hydrogen) atoms. The lowest BCUT2D eigenvalue weighted by Gasteiger charge is -2.14. The molecule has 0 spiro atoms. The standard InChI is InChI=1S/C35H33NO4/c37-28(23-27-14-5-6-15-29(27)26-12-2-1-3-13-26)22-25-11-8-10-24(21-25)9-4-7-16-32(38)30-17-19-33(39)35-31(30)18-20-34(40)36-35/h1-3,5-6,8,10-15,17-21,32,38-39H,4,7,9,16,22-23H2,(H,36,40)/t32-/m0/s1. The number of ketones is 1. The van der Waals surface area contributed by atoms with E-state index in [2.05, 4.69) is 35.3 Å². The number of aromatic nitrogens is 1. The fraction of sp³-hybridized carbons (Fsp3) is 0.200. The Kier molecular flexibility index (Phi) is 8.53. The van der Waals surface area contributed by atoms with Crippen molar-refractivity contribution in [3.05, 3.63) is 136 Å². The zero-order valence-corrected chi connectivity index (χ0v) is 22.3. The third-order valence-electron chi connectivity index (χ3n) is 7.34. The van der Waals surface area contributed by atoms with E-state index in [0.717, 1.165) is 41.5 Å². The molecule has 202 valence electrons. The number of aromatic amines is 1. The van der Waals surface area contributed by atoms with Crippen LogP contribution in [0, 0.1) is 0 Å². The molecule has 0 aliphatic heterocycles. The molecule has 1 heterocycles. The zero-order chi connectivity index (χ0) is 27.9. The summed E-state index contributed by atoms with van der Waals surface area (Å²) in [4.78, 5) is 27.3. The predicted molar refractivity (Wildman–Crippen MR) is 159 cm³/mol. The fourth-order valence-electron chi connectivity index (χ4n) is 5.34. The Morgan fingerprint density at radius 1 is 0.775 bits per heavy atom. The Bertz CT molecular complexity index is 1670. The lowest BCUT2D eigenvalue weighted by atomic mass is 9.94. The topological polar surface area (TPSA) is 90.4 Å². The van der Waals surface area contributed by atoms with Gasteiger partial charge in [-0.15, -0.1) is 0 Å². The average molecular weight is 532 g/mol. The number of carbonyl (C=O) groups is 1. The molecular weight excluding hydrogens is 498 g/mol. The Morgan fingerprint density at radius 3 is 2.40 bits per heavy atom. The first-order valence-corrected chi connectivity index (χ1v) is 13.7. The maximum Gasteiger partial charge on any atom is 0.248 e. The highest BCUT2D eigenvalue weighted by Crippen LogP contribution is 2.31. The van der Waals surface area contributed by atoms with Gasteiger partial charge in [-0.05, 0) is 64.8 Å². The van der Waals surface area contributed by atoms with Crippen molar-refractivity contribution >= 4 is 16.7 Å². The number of aromatic hydroxyl groups is 1. The summed E-state index contributed by atoms with van der Waals surface area (Å²) in [6.45, 7) is 0. The van der Waals surface area contributed by atoms with Crippen molar-refractivity contribution in [2.24, 2.45) is 0 Å². The Hall–Kier alpha value is -4.48. The van der Waals surface area contributed by atoms with Gasteiger partial charge in [-0.2, -0.15) is 0 Å². The summed E-state index contributed by atoms with van der Waals surface area (Å²) in [6.07, 6.45) is 3.22. The molecule has 0 unspecified atom stereocenters. The number of phenolic OH excluding ortho intramolecular Hbond substituents is 1. The number of H-pyrrole nitrogens is 1. The number of benzene rings is 4. The number of pyridine rings is 1. The number of unbranched alkanes of at least 4 members (excludes halogenated alkanes) is 1. The summed E-state index contributed by atoms with van der Waals surface area (Å²) >= 11 is 0. The molecule has 0 fully saturated rings. The molecule has 5 nitrogen and oxygen atoms in total. The molecule has 1 atom stereocenters. The van der Waals surface area contributed by atoms with E-state index in [1.807, 2.05) is 48.5 Å². The molecule has 1 aromatic heterocycles. The molecule has 0 saturated carbocycles. The van der Waals surface area contributed by atoms with Crippen LogP contribution in [0.5, 0.6) is 5.75 Å². The van der Waals surface area contributed by atoms with Gasteiger partial charge in [-0.1, -0.05) is 91.3 Å². The van der Waals surface area contributed by atoms with Gasteiger partial charge in [0.05, 0.1) is 11.6 Å². The van der Waals surface area contributed by atoms with Gasteiger partial charge in [0.2, 0.25) is 5.56 Å². The molecule has 3 N–H and O–H groups in total. The molecule has 0 saturated heterocycles. The van der Waals surface area contributed by atoms with Gasteiger partial charge >= 0.3 is 0 Å². The first-order valence-electron chi connectivity index (χ1n) is 13.7. The summed E-state index contributed by atoms with van der Waals surface area (Å²) in [5, 5.41) is 21.5. The van der Waals surface area contributed by atoms with Crippen LogP contribution in [0.1, 0.15) is 47.6 Å². The van der Waals surface area contributed by atoms with E-state index in [0.29, 0.717) is 35.7 Å². The van der Waals surface area contributed by atoms with Gasteiger partial charge in [0.25, 0.3) is 0 Å². The second kappa shape index (κ2) is 12.6. The van der Waals surface area contributed by atoms with Crippen molar-refractivity contribution in [3.8, 4) is 16.9 Å². The third kappa shape index (κ3) is 6.56. The smallest absolute Gasteiger partial charge is 0.248 e. The molecule has 5 heteroatoms. The molecule has 0 aliphatic rings. The molecule has 5 aromatic rings. The van der Waals surface area contributed by atoms with Crippen molar-refractivity contribution < 1.29 is 15.0 Å². The number of hydrogen-bond acceptors (Lipinski definition) is 4. The Morgan fingerprint density at radius 2 is 1.55 bits per heavy atom. The van der Waals surface area contributed by atoms with Gasteiger partial charge in [0.15, 0.2) is 0 Å². The van der Waals surface area contributed by atoms with E-state index < -0.39 is 6.10 Å². The van der Waals surface area contributed by atoms with Crippen LogP contribution in [0.15, 0.2) is 108 Å². The van der Waals surface area contributed by atoms with Crippen molar-refractivity contribution in [1.29, 1.82) is 0 Å². The van der Waals surface area contributed by atoms with Gasteiger partial charge in [0, 0.05) is 24.3 Å². The second-order valence-corrected chi connectivity index (χ2v) is 10.3. The number of phenols is 1. The first-order chi connectivity index (χ1) is 19.5. The number of aliphatic hydroxyl groups is 1. The summed E-state index contributed by atoms with van der Waals surface area (Å²) < 4.78 is 0. The number of Topliss-reactive ketones (excluding diaryl/α,β-unsaturated/α-hetero) is 1. The van der Waals surface area contributed by atoms with Crippen molar-refractivity contribution in [2.45, 2.75) is 44.6 Å². The molecule has 5 rings (SSSR count). The number of fused-ring (bicyclic) bond motifs is 1. The fourth-order valence-corrected chi connectivity index (χ4v) is 5.34. The van der Waals surface area contributed by atoms with Crippen LogP contribution in [0.2, 0.25) is 0 Å².